The van der Waals surface area contributed by atoms with Gasteiger partial charge >= 0.3 is 0 Å². The highest BCUT2D eigenvalue weighted by atomic mass is 35.5. The van der Waals surface area contributed by atoms with E-state index in [2.05, 4.69) is 10.6 Å². The lowest BCUT2D eigenvalue weighted by molar-refractivity contribution is -0.130. The van der Waals surface area contributed by atoms with Crippen molar-refractivity contribution in [2.24, 2.45) is 5.92 Å². The standard InChI is InChI=1S/C24H31ClN2O3/c1-4-30-17(3)15-26-23(29)24(12-5-13-24)18-7-10-20(11-8-18)27-22(28)21-14-19(25)9-6-16(21)2/h7-11,14,16-17H,4-6,12-13,15H2,1-3H3,(H,26,29)(H,27,28). The third-order valence-electron chi connectivity index (χ3n) is 6.09. The van der Waals surface area contributed by atoms with Crippen molar-refractivity contribution in [3.8, 4) is 0 Å². The zero-order chi connectivity index (χ0) is 21.7. The lowest BCUT2D eigenvalue weighted by Gasteiger charge is -2.41. The van der Waals surface area contributed by atoms with Gasteiger partial charge in [-0.3, -0.25) is 9.59 Å². The molecule has 2 aliphatic carbocycles. The molecular weight excluding hydrogens is 400 g/mol. The van der Waals surface area contributed by atoms with Gasteiger partial charge in [0, 0.05) is 29.4 Å². The predicted molar refractivity (Wildman–Crippen MR) is 120 cm³/mol. The Morgan fingerprint density at radius 2 is 1.97 bits per heavy atom. The molecule has 6 heteroatoms. The largest absolute Gasteiger partial charge is 0.377 e. The summed E-state index contributed by atoms with van der Waals surface area (Å²) < 4.78 is 5.51. The highest BCUT2D eigenvalue weighted by Crippen LogP contribution is 2.44. The molecule has 0 heterocycles. The number of amides is 2. The molecule has 5 nitrogen and oxygen atoms in total. The Balaban J connectivity index is 1.66. The number of hydrogen-bond donors (Lipinski definition) is 2. The van der Waals surface area contributed by atoms with Crippen LogP contribution in [-0.4, -0.2) is 31.1 Å². The fourth-order valence-corrected chi connectivity index (χ4v) is 4.26. The summed E-state index contributed by atoms with van der Waals surface area (Å²) in [4.78, 5) is 25.6. The number of carbonyl (C=O) groups is 2. The Hall–Kier alpha value is -2.11. The first kappa shape index (κ1) is 22.6. The summed E-state index contributed by atoms with van der Waals surface area (Å²) in [5.41, 5.74) is 1.91. The van der Waals surface area contributed by atoms with Crippen LogP contribution in [0.4, 0.5) is 5.69 Å². The normalized spacial score (nSPS) is 21.0. The van der Waals surface area contributed by atoms with Crippen LogP contribution in [0.2, 0.25) is 0 Å². The van der Waals surface area contributed by atoms with Gasteiger partial charge in [0.2, 0.25) is 5.91 Å². The second-order valence-corrected chi connectivity index (χ2v) is 8.70. The smallest absolute Gasteiger partial charge is 0.251 e. The van der Waals surface area contributed by atoms with Crippen molar-refractivity contribution < 1.29 is 14.3 Å². The predicted octanol–water partition coefficient (Wildman–Crippen LogP) is 4.68. The fourth-order valence-electron chi connectivity index (χ4n) is 4.06. The summed E-state index contributed by atoms with van der Waals surface area (Å²) in [5, 5.41) is 6.60. The number of nitrogens with one attached hydrogen (secondary N) is 2. The Morgan fingerprint density at radius 1 is 1.27 bits per heavy atom. The van der Waals surface area contributed by atoms with E-state index in [1.165, 1.54) is 0 Å². The molecule has 2 N–H and O–H groups in total. The number of ether oxygens (including phenoxy) is 1. The zero-order valence-corrected chi connectivity index (χ0v) is 18.7. The number of hydrogen-bond acceptors (Lipinski definition) is 3. The van der Waals surface area contributed by atoms with Gasteiger partial charge in [-0.1, -0.05) is 43.2 Å². The molecule has 0 aliphatic heterocycles. The molecule has 2 amide bonds. The van der Waals surface area contributed by atoms with Gasteiger partial charge in [0.25, 0.3) is 5.91 Å². The molecule has 1 aromatic rings. The van der Waals surface area contributed by atoms with E-state index in [0.717, 1.165) is 31.2 Å². The SMILES string of the molecule is CCOC(C)CNC(=O)C1(c2ccc(NC(=O)C3=CC(Cl)=CCC3C)cc2)CCC1. The van der Waals surface area contributed by atoms with E-state index in [4.69, 9.17) is 16.3 Å². The van der Waals surface area contributed by atoms with Gasteiger partial charge in [0.15, 0.2) is 0 Å². The molecule has 3 rings (SSSR count). The van der Waals surface area contributed by atoms with E-state index in [9.17, 15) is 9.59 Å². The van der Waals surface area contributed by atoms with Crippen LogP contribution in [0.25, 0.3) is 0 Å². The molecule has 0 saturated heterocycles. The van der Waals surface area contributed by atoms with Gasteiger partial charge in [-0.05, 0) is 62.8 Å². The molecule has 0 bridgehead atoms. The van der Waals surface area contributed by atoms with E-state index < -0.39 is 5.41 Å². The van der Waals surface area contributed by atoms with E-state index in [-0.39, 0.29) is 23.8 Å². The summed E-state index contributed by atoms with van der Waals surface area (Å²) in [5.74, 6) is 0.0509. The minimum atomic E-state index is -0.479. The van der Waals surface area contributed by atoms with Gasteiger partial charge in [-0.25, -0.2) is 0 Å². The monoisotopic (exact) mass is 430 g/mol. The third kappa shape index (κ3) is 4.96. The van der Waals surface area contributed by atoms with Crippen LogP contribution in [0, 0.1) is 5.92 Å². The lowest BCUT2D eigenvalue weighted by atomic mass is 9.63. The van der Waals surface area contributed by atoms with E-state index in [1.54, 1.807) is 6.08 Å². The molecular formula is C24H31ClN2O3. The van der Waals surface area contributed by atoms with Crippen LogP contribution in [-0.2, 0) is 19.7 Å². The van der Waals surface area contributed by atoms with E-state index in [1.807, 2.05) is 51.1 Å². The first-order chi connectivity index (χ1) is 14.4. The molecule has 0 spiro atoms. The topological polar surface area (TPSA) is 67.4 Å². The summed E-state index contributed by atoms with van der Waals surface area (Å²) in [6.07, 6.45) is 7.12. The Labute approximate surface area is 183 Å². The van der Waals surface area contributed by atoms with Crippen molar-refractivity contribution in [3.63, 3.8) is 0 Å². The van der Waals surface area contributed by atoms with Crippen LogP contribution >= 0.6 is 11.6 Å². The average molecular weight is 431 g/mol. The first-order valence-corrected chi connectivity index (χ1v) is 11.1. The van der Waals surface area contributed by atoms with Gasteiger partial charge in [0.05, 0.1) is 11.5 Å². The number of benzene rings is 1. The van der Waals surface area contributed by atoms with Crippen molar-refractivity contribution in [1.82, 2.24) is 5.32 Å². The molecule has 2 aliphatic rings. The van der Waals surface area contributed by atoms with Crippen LogP contribution < -0.4 is 10.6 Å². The summed E-state index contributed by atoms with van der Waals surface area (Å²) in [6, 6.07) is 7.64. The van der Waals surface area contributed by atoms with Crippen molar-refractivity contribution in [2.75, 3.05) is 18.5 Å². The minimum absolute atomic E-state index is 0.00602. The quantitative estimate of drug-likeness (QED) is 0.629. The Morgan fingerprint density at radius 3 is 2.57 bits per heavy atom. The zero-order valence-electron chi connectivity index (χ0n) is 18.0. The van der Waals surface area contributed by atoms with E-state index in [0.29, 0.717) is 29.4 Å². The highest BCUT2D eigenvalue weighted by molar-refractivity contribution is 6.31. The van der Waals surface area contributed by atoms with Gasteiger partial charge in [-0.2, -0.15) is 0 Å². The molecule has 162 valence electrons. The van der Waals surface area contributed by atoms with Crippen LogP contribution in [0.5, 0.6) is 0 Å². The molecule has 2 unspecified atom stereocenters. The average Bonchev–Trinajstić information content (AvgIpc) is 2.69. The molecule has 1 fully saturated rings. The first-order valence-electron chi connectivity index (χ1n) is 10.7. The number of rotatable bonds is 8. The van der Waals surface area contributed by atoms with Crippen molar-refractivity contribution in [3.05, 3.63) is 52.6 Å². The fraction of sp³-hybridized carbons (Fsp3) is 0.500. The summed E-state index contributed by atoms with van der Waals surface area (Å²) >= 11 is 6.07. The molecule has 1 saturated carbocycles. The molecule has 30 heavy (non-hydrogen) atoms. The Kier molecular flexibility index (Phi) is 7.37. The van der Waals surface area contributed by atoms with Crippen LogP contribution in [0.3, 0.4) is 0 Å². The highest BCUT2D eigenvalue weighted by Gasteiger charge is 2.45. The minimum Gasteiger partial charge on any atom is -0.377 e. The second kappa shape index (κ2) is 9.80. The Bertz CT molecular complexity index is 841. The van der Waals surface area contributed by atoms with Crippen LogP contribution in [0.15, 0.2) is 47.0 Å². The van der Waals surface area contributed by atoms with Crippen LogP contribution in [0.1, 0.15) is 52.0 Å². The number of halogens is 1. The van der Waals surface area contributed by atoms with Crippen molar-refractivity contribution in [2.45, 2.75) is 58.0 Å². The maximum atomic E-state index is 12.9. The second-order valence-electron chi connectivity index (χ2n) is 8.27. The maximum Gasteiger partial charge on any atom is 0.251 e. The van der Waals surface area contributed by atoms with Gasteiger partial charge in [-0.15, -0.1) is 0 Å². The molecule has 0 radical (unpaired) electrons. The molecule has 1 aromatic carbocycles. The maximum absolute atomic E-state index is 12.9. The number of anilines is 1. The van der Waals surface area contributed by atoms with E-state index >= 15 is 0 Å². The summed E-state index contributed by atoms with van der Waals surface area (Å²) in [6.45, 7) is 7.06. The van der Waals surface area contributed by atoms with Crippen molar-refractivity contribution >= 4 is 29.1 Å². The number of allylic oxidation sites excluding steroid dienone is 3. The van der Waals surface area contributed by atoms with Gasteiger partial charge < -0.3 is 15.4 Å². The van der Waals surface area contributed by atoms with Crippen molar-refractivity contribution in [1.29, 1.82) is 0 Å². The third-order valence-corrected chi connectivity index (χ3v) is 6.35. The lowest BCUT2D eigenvalue weighted by Crippen LogP contribution is -2.50. The molecule has 2 atom stereocenters. The molecule has 0 aromatic heterocycles. The van der Waals surface area contributed by atoms with Gasteiger partial charge in [0.1, 0.15) is 0 Å². The summed E-state index contributed by atoms with van der Waals surface area (Å²) in [7, 11) is 0. The number of carbonyl (C=O) groups excluding carboxylic acids is 2.